The van der Waals surface area contributed by atoms with E-state index in [1.165, 1.54) is 5.56 Å². The number of amides is 2. The van der Waals surface area contributed by atoms with Gasteiger partial charge in [0.25, 0.3) is 5.91 Å². The van der Waals surface area contributed by atoms with Crippen molar-refractivity contribution in [2.45, 2.75) is 19.9 Å². The third-order valence-corrected chi connectivity index (χ3v) is 5.03. The Labute approximate surface area is 160 Å². The van der Waals surface area contributed by atoms with Gasteiger partial charge in [-0.3, -0.25) is 14.5 Å². The molecule has 3 rings (SSSR count). The van der Waals surface area contributed by atoms with Crippen LogP contribution in [0.5, 0.6) is 0 Å². The van der Waals surface area contributed by atoms with E-state index in [-0.39, 0.29) is 11.8 Å². The van der Waals surface area contributed by atoms with Crippen LogP contribution in [0.4, 0.5) is 0 Å². The molecule has 144 valence electrons. The fourth-order valence-electron chi connectivity index (χ4n) is 3.21. The fraction of sp³-hybridized carbons (Fsp3) is 0.429. The molecule has 0 aliphatic carbocycles. The van der Waals surface area contributed by atoms with E-state index in [0.29, 0.717) is 39.3 Å². The molecule has 2 heterocycles. The smallest absolute Gasteiger partial charge is 0.253 e. The molecule has 1 fully saturated rings. The van der Waals surface area contributed by atoms with E-state index in [1.807, 2.05) is 41.3 Å². The van der Waals surface area contributed by atoms with Crippen LogP contribution in [0, 0.1) is 0 Å². The highest BCUT2D eigenvalue weighted by Crippen LogP contribution is 2.11. The van der Waals surface area contributed by atoms with Gasteiger partial charge in [0.15, 0.2) is 0 Å². The highest BCUT2D eigenvalue weighted by molar-refractivity contribution is 5.94. The van der Waals surface area contributed by atoms with Gasteiger partial charge in [0.2, 0.25) is 5.91 Å². The molecule has 2 aromatic rings. The maximum atomic E-state index is 12.6. The molecule has 0 bridgehead atoms. The molecule has 6 nitrogen and oxygen atoms in total. The normalized spacial score (nSPS) is 15.0. The Balaban J connectivity index is 1.46. The quantitative estimate of drug-likeness (QED) is 0.784. The summed E-state index contributed by atoms with van der Waals surface area (Å²) in [5.41, 5.74) is 1.96. The van der Waals surface area contributed by atoms with Gasteiger partial charge >= 0.3 is 0 Å². The van der Waals surface area contributed by atoms with Crippen LogP contribution in [0.15, 0.2) is 47.1 Å². The molecule has 27 heavy (non-hydrogen) atoms. The summed E-state index contributed by atoms with van der Waals surface area (Å²) in [6, 6.07) is 11.5. The Hall–Kier alpha value is -2.60. The van der Waals surface area contributed by atoms with Crippen LogP contribution < -0.4 is 0 Å². The van der Waals surface area contributed by atoms with Gasteiger partial charge < -0.3 is 14.2 Å². The van der Waals surface area contributed by atoms with E-state index in [1.54, 1.807) is 18.2 Å². The molecule has 1 saturated heterocycles. The lowest BCUT2D eigenvalue weighted by molar-refractivity contribution is -0.132. The van der Waals surface area contributed by atoms with Crippen LogP contribution in [0.2, 0.25) is 0 Å². The lowest BCUT2D eigenvalue weighted by Crippen LogP contribution is -2.51. The number of piperazine rings is 1. The zero-order valence-corrected chi connectivity index (χ0v) is 16.1. The minimum Gasteiger partial charge on any atom is -0.467 e. The van der Waals surface area contributed by atoms with E-state index in [2.05, 4.69) is 11.8 Å². The van der Waals surface area contributed by atoms with E-state index >= 15 is 0 Å². The number of likely N-dealkylation sites (N-methyl/N-ethyl adjacent to an activating group) is 1. The second kappa shape index (κ2) is 8.86. The third-order valence-electron chi connectivity index (χ3n) is 5.03. The van der Waals surface area contributed by atoms with Crippen LogP contribution in [0.3, 0.4) is 0 Å². The Kier molecular flexibility index (Phi) is 6.29. The van der Waals surface area contributed by atoms with Gasteiger partial charge in [0.05, 0.1) is 19.4 Å². The van der Waals surface area contributed by atoms with Crippen molar-refractivity contribution in [2.75, 3.05) is 39.8 Å². The van der Waals surface area contributed by atoms with Crippen molar-refractivity contribution in [3.05, 3.63) is 59.5 Å². The number of benzene rings is 1. The molecule has 0 unspecified atom stereocenters. The van der Waals surface area contributed by atoms with Crippen LogP contribution in [0.25, 0.3) is 0 Å². The number of nitrogens with zero attached hydrogens (tertiary/aromatic N) is 3. The first-order valence-electron chi connectivity index (χ1n) is 9.43. The monoisotopic (exact) mass is 369 g/mol. The van der Waals surface area contributed by atoms with E-state index in [4.69, 9.17) is 4.42 Å². The summed E-state index contributed by atoms with van der Waals surface area (Å²) in [4.78, 5) is 30.7. The Morgan fingerprint density at radius 2 is 1.78 bits per heavy atom. The van der Waals surface area contributed by atoms with Crippen LogP contribution >= 0.6 is 0 Å². The van der Waals surface area contributed by atoms with Gasteiger partial charge in [-0.1, -0.05) is 19.1 Å². The SMILES string of the molecule is CCc1ccc(C(=O)N2CCN(CC(=O)N(C)Cc3ccco3)CC2)cc1. The number of rotatable bonds is 6. The minimum atomic E-state index is 0.0568. The zero-order chi connectivity index (χ0) is 19.2. The largest absolute Gasteiger partial charge is 0.467 e. The molecule has 0 saturated carbocycles. The van der Waals surface area contributed by atoms with Crippen molar-refractivity contribution in [1.82, 2.24) is 14.7 Å². The van der Waals surface area contributed by atoms with Gasteiger partial charge in [-0.05, 0) is 36.2 Å². The minimum absolute atomic E-state index is 0.0568. The molecular weight excluding hydrogens is 342 g/mol. The first kappa shape index (κ1) is 19.2. The summed E-state index contributed by atoms with van der Waals surface area (Å²) in [6.07, 6.45) is 2.58. The third kappa shape index (κ3) is 4.98. The summed E-state index contributed by atoms with van der Waals surface area (Å²) in [7, 11) is 1.78. The maximum absolute atomic E-state index is 12.6. The summed E-state index contributed by atoms with van der Waals surface area (Å²) < 4.78 is 5.29. The van der Waals surface area contributed by atoms with Gasteiger partial charge in [0, 0.05) is 38.8 Å². The van der Waals surface area contributed by atoms with Crippen molar-refractivity contribution in [1.29, 1.82) is 0 Å². The fourth-order valence-corrected chi connectivity index (χ4v) is 3.21. The van der Waals surface area contributed by atoms with Crippen molar-refractivity contribution in [2.24, 2.45) is 0 Å². The first-order chi connectivity index (χ1) is 13.1. The van der Waals surface area contributed by atoms with Crippen molar-refractivity contribution in [3.8, 4) is 0 Å². The van der Waals surface area contributed by atoms with Crippen LogP contribution in [0.1, 0.15) is 28.6 Å². The summed E-state index contributed by atoms with van der Waals surface area (Å²) in [5.74, 6) is 0.898. The second-order valence-corrected chi connectivity index (χ2v) is 6.95. The first-order valence-corrected chi connectivity index (χ1v) is 9.43. The van der Waals surface area contributed by atoms with E-state index in [9.17, 15) is 9.59 Å². The lowest BCUT2D eigenvalue weighted by Gasteiger charge is -2.35. The number of furan rings is 1. The molecular formula is C21H27N3O3. The highest BCUT2D eigenvalue weighted by Gasteiger charge is 2.24. The number of carbonyl (C=O) groups is 2. The van der Waals surface area contributed by atoms with Crippen LogP contribution in [-0.4, -0.2) is 66.3 Å². The van der Waals surface area contributed by atoms with E-state index < -0.39 is 0 Å². The Bertz CT molecular complexity index is 747. The topological polar surface area (TPSA) is 57.0 Å². The highest BCUT2D eigenvalue weighted by atomic mass is 16.3. The van der Waals surface area contributed by atoms with Gasteiger partial charge in [-0.25, -0.2) is 0 Å². The molecule has 6 heteroatoms. The van der Waals surface area contributed by atoms with Gasteiger partial charge in [0.1, 0.15) is 5.76 Å². The summed E-state index contributed by atoms with van der Waals surface area (Å²) in [5, 5.41) is 0. The van der Waals surface area contributed by atoms with Crippen LogP contribution in [-0.2, 0) is 17.8 Å². The van der Waals surface area contributed by atoms with Crippen molar-refractivity contribution >= 4 is 11.8 Å². The molecule has 1 aliphatic rings. The maximum Gasteiger partial charge on any atom is 0.253 e. The standard InChI is InChI=1S/C21H27N3O3/c1-3-17-6-8-18(9-7-17)21(26)24-12-10-23(11-13-24)16-20(25)22(2)15-19-5-4-14-27-19/h4-9,14H,3,10-13,15-16H2,1-2H3. The van der Waals surface area contributed by atoms with Crippen molar-refractivity contribution < 1.29 is 14.0 Å². The molecule has 0 atom stereocenters. The zero-order valence-electron chi connectivity index (χ0n) is 16.1. The molecule has 1 aromatic heterocycles. The van der Waals surface area contributed by atoms with Gasteiger partial charge in [-0.15, -0.1) is 0 Å². The average Bonchev–Trinajstić information content (AvgIpc) is 3.21. The molecule has 2 amide bonds. The number of carbonyl (C=O) groups excluding carboxylic acids is 2. The Morgan fingerprint density at radius 1 is 1.07 bits per heavy atom. The summed E-state index contributed by atoms with van der Waals surface area (Å²) in [6.45, 7) is 5.64. The molecule has 0 radical (unpaired) electrons. The molecule has 1 aromatic carbocycles. The predicted molar refractivity (Wildman–Crippen MR) is 103 cm³/mol. The number of hydrogen-bond donors (Lipinski definition) is 0. The lowest BCUT2D eigenvalue weighted by atomic mass is 10.1. The predicted octanol–water partition coefficient (Wildman–Crippen LogP) is 2.26. The van der Waals surface area contributed by atoms with Gasteiger partial charge in [-0.2, -0.15) is 0 Å². The average molecular weight is 369 g/mol. The second-order valence-electron chi connectivity index (χ2n) is 6.95. The molecule has 0 spiro atoms. The Morgan fingerprint density at radius 3 is 2.37 bits per heavy atom. The molecule has 0 N–H and O–H groups in total. The van der Waals surface area contributed by atoms with E-state index in [0.717, 1.165) is 17.7 Å². The number of aryl methyl sites for hydroxylation is 1. The number of hydrogen-bond acceptors (Lipinski definition) is 4. The van der Waals surface area contributed by atoms with Crippen molar-refractivity contribution in [3.63, 3.8) is 0 Å². The summed E-state index contributed by atoms with van der Waals surface area (Å²) >= 11 is 0. The molecule has 1 aliphatic heterocycles.